The molecule has 24 heavy (non-hydrogen) atoms. The van der Waals surface area contributed by atoms with Gasteiger partial charge < -0.3 is 4.90 Å². The van der Waals surface area contributed by atoms with Gasteiger partial charge in [-0.2, -0.15) is 5.06 Å². The second-order valence-electron chi connectivity index (χ2n) is 7.10. The number of imide groups is 1. The molecule has 0 aliphatic carbocycles. The highest BCUT2D eigenvalue weighted by Gasteiger charge is 2.66. The summed E-state index contributed by atoms with van der Waals surface area (Å²) in [6, 6.07) is 7.52. The van der Waals surface area contributed by atoms with E-state index < -0.39 is 17.4 Å². The summed E-state index contributed by atoms with van der Waals surface area (Å²) in [5, 5.41) is 1.70. The molecule has 0 unspecified atom stereocenters. The van der Waals surface area contributed by atoms with Crippen molar-refractivity contribution >= 4 is 23.4 Å². The summed E-state index contributed by atoms with van der Waals surface area (Å²) in [6.45, 7) is 0.384. The zero-order chi connectivity index (χ0) is 16.8. The topological polar surface area (TPSA) is 70.2 Å². The van der Waals surface area contributed by atoms with Crippen LogP contribution in [0.1, 0.15) is 12.0 Å². The first-order valence-electron chi connectivity index (χ1n) is 8.08. The Kier molecular flexibility index (Phi) is 2.49. The van der Waals surface area contributed by atoms with Crippen molar-refractivity contribution in [2.24, 2.45) is 5.92 Å². The Labute approximate surface area is 138 Å². The van der Waals surface area contributed by atoms with E-state index in [0.717, 1.165) is 16.2 Å². The summed E-state index contributed by atoms with van der Waals surface area (Å²) in [5.41, 5.74) is 1.20. The number of carbonyl (C=O) groups excluding carboxylic acids is 3. The van der Waals surface area contributed by atoms with Gasteiger partial charge in [-0.25, -0.2) is 0 Å². The highest BCUT2D eigenvalue weighted by molar-refractivity contribution is 6.09. The number of rotatable bonds is 0. The van der Waals surface area contributed by atoms with Crippen LogP contribution in [0.5, 0.6) is 0 Å². The predicted molar refractivity (Wildman–Crippen MR) is 82.8 cm³/mol. The molecule has 0 bridgehead atoms. The Morgan fingerprint density at radius 2 is 1.83 bits per heavy atom. The maximum atomic E-state index is 13.0. The number of carbonyl (C=O) groups is 3. The van der Waals surface area contributed by atoms with Crippen LogP contribution in [0.25, 0.3) is 0 Å². The van der Waals surface area contributed by atoms with Crippen LogP contribution < -0.4 is 4.90 Å². The van der Waals surface area contributed by atoms with E-state index in [1.54, 1.807) is 17.0 Å². The number of likely N-dealkylation sites (tertiary alicyclic amines) is 1. The van der Waals surface area contributed by atoms with Crippen LogP contribution in [-0.2, 0) is 24.6 Å². The molecule has 124 valence electrons. The molecule has 0 radical (unpaired) electrons. The third-order valence-corrected chi connectivity index (χ3v) is 6.03. The van der Waals surface area contributed by atoms with E-state index in [-0.39, 0.29) is 23.8 Å². The summed E-state index contributed by atoms with van der Waals surface area (Å²) in [7, 11) is 3.27. The lowest BCUT2D eigenvalue weighted by molar-refractivity contribution is -0.172. The van der Waals surface area contributed by atoms with Crippen molar-refractivity contribution in [3.8, 4) is 0 Å². The number of para-hydroxylation sites is 1. The average molecular weight is 327 g/mol. The van der Waals surface area contributed by atoms with Crippen LogP contribution in [0.4, 0.5) is 5.69 Å². The van der Waals surface area contributed by atoms with Crippen molar-refractivity contribution in [3.05, 3.63) is 29.8 Å². The molecule has 3 saturated heterocycles. The first kappa shape index (κ1) is 14.1. The smallest absolute Gasteiger partial charge is 0.261 e. The minimum absolute atomic E-state index is 0.0309. The Morgan fingerprint density at radius 3 is 2.62 bits per heavy atom. The van der Waals surface area contributed by atoms with Gasteiger partial charge in [0.1, 0.15) is 0 Å². The van der Waals surface area contributed by atoms with Gasteiger partial charge in [-0.05, 0) is 18.1 Å². The number of hydrogen-bond donors (Lipinski definition) is 0. The molecule has 7 heteroatoms. The SMILES string of the molecule is CN1C(=O)[C@H]2[C@H](ON3C[C@]4(C[C@H]23)C(=O)N(C)c2ccccc24)C1=O. The van der Waals surface area contributed by atoms with Crippen molar-refractivity contribution in [1.82, 2.24) is 9.96 Å². The molecule has 0 aromatic heterocycles. The molecule has 4 heterocycles. The number of fused-ring (bicyclic) bond motifs is 5. The third-order valence-electron chi connectivity index (χ3n) is 6.03. The number of likely N-dealkylation sites (N-methyl/N-ethyl adjacent to an activating group) is 2. The molecule has 0 saturated carbocycles. The van der Waals surface area contributed by atoms with Crippen LogP contribution in [0, 0.1) is 5.92 Å². The lowest BCUT2D eigenvalue weighted by Gasteiger charge is -2.23. The lowest BCUT2D eigenvalue weighted by atomic mass is 9.77. The number of anilines is 1. The Morgan fingerprint density at radius 1 is 1.08 bits per heavy atom. The van der Waals surface area contributed by atoms with Crippen molar-refractivity contribution in [3.63, 3.8) is 0 Å². The first-order valence-corrected chi connectivity index (χ1v) is 8.08. The van der Waals surface area contributed by atoms with E-state index in [9.17, 15) is 14.4 Å². The molecule has 4 aliphatic rings. The first-order chi connectivity index (χ1) is 11.5. The number of hydrogen-bond acceptors (Lipinski definition) is 5. The third kappa shape index (κ3) is 1.39. The number of hydroxylamine groups is 2. The maximum Gasteiger partial charge on any atom is 0.261 e. The van der Waals surface area contributed by atoms with Crippen molar-refractivity contribution < 1.29 is 19.2 Å². The van der Waals surface area contributed by atoms with Crippen LogP contribution in [0.3, 0.4) is 0 Å². The van der Waals surface area contributed by atoms with Crippen LogP contribution in [0.2, 0.25) is 0 Å². The van der Waals surface area contributed by atoms with Gasteiger partial charge in [-0.3, -0.25) is 24.1 Å². The molecule has 4 atom stereocenters. The van der Waals surface area contributed by atoms with E-state index >= 15 is 0 Å². The summed E-state index contributed by atoms with van der Waals surface area (Å²) in [5.74, 6) is -0.971. The molecule has 7 nitrogen and oxygen atoms in total. The average Bonchev–Trinajstić information content (AvgIpc) is 3.23. The predicted octanol–water partition coefficient (Wildman–Crippen LogP) is -0.0963. The molecular weight excluding hydrogens is 310 g/mol. The minimum atomic E-state index is -0.727. The fourth-order valence-electron chi connectivity index (χ4n) is 4.82. The van der Waals surface area contributed by atoms with Gasteiger partial charge in [0.05, 0.1) is 17.4 Å². The number of amides is 3. The Bertz CT molecular complexity index is 809. The molecule has 5 rings (SSSR count). The molecule has 1 aromatic rings. The maximum absolute atomic E-state index is 13.0. The molecule has 3 fully saturated rings. The molecule has 3 amide bonds. The van der Waals surface area contributed by atoms with E-state index in [1.807, 2.05) is 24.3 Å². The monoisotopic (exact) mass is 327 g/mol. The van der Waals surface area contributed by atoms with Gasteiger partial charge in [0.25, 0.3) is 5.91 Å². The Balaban J connectivity index is 1.57. The molecule has 4 aliphatic heterocycles. The highest BCUT2D eigenvalue weighted by Crippen LogP contribution is 2.53. The number of benzene rings is 1. The molecule has 1 aromatic carbocycles. The van der Waals surface area contributed by atoms with Crippen molar-refractivity contribution in [2.75, 3.05) is 25.5 Å². The van der Waals surface area contributed by atoms with E-state index in [0.29, 0.717) is 13.0 Å². The van der Waals surface area contributed by atoms with E-state index in [2.05, 4.69) is 0 Å². The normalized spacial score (nSPS) is 37.6. The van der Waals surface area contributed by atoms with Crippen molar-refractivity contribution in [1.29, 1.82) is 0 Å². The van der Waals surface area contributed by atoms with Crippen LogP contribution in [0.15, 0.2) is 24.3 Å². The van der Waals surface area contributed by atoms with Gasteiger partial charge in [0.2, 0.25) is 11.8 Å². The number of nitrogens with zero attached hydrogens (tertiary/aromatic N) is 3. The zero-order valence-electron chi connectivity index (χ0n) is 13.4. The summed E-state index contributed by atoms with van der Waals surface area (Å²) in [6.07, 6.45) is -0.226. The Hall–Kier alpha value is -2.25. The standard InChI is InChI=1S/C17H17N3O4/c1-18-10-6-4-3-5-9(10)17(16(18)23)7-11-12-13(24-20(11)8-17)15(22)19(2)14(12)21/h3-6,11-13H,7-8H2,1-2H3/t11-,12-,13+,17+/m1/s1. The quantitative estimate of drug-likeness (QED) is 0.623. The van der Waals surface area contributed by atoms with Gasteiger partial charge >= 0.3 is 0 Å². The van der Waals surface area contributed by atoms with Gasteiger partial charge in [0, 0.05) is 26.3 Å². The lowest BCUT2D eigenvalue weighted by Crippen LogP contribution is -2.42. The zero-order valence-corrected chi connectivity index (χ0v) is 13.4. The second-order valence-corrected chi connectivity index (χ2v) is 7.10. The van der Waals surface area contributed by atoms with Gasteiger partial charge in [0.15, 0.2) is 6.10 Å². The van der Waals surface area contributed by atoms with Crippen LogP contribution in [-0.4, -0.2) is 60.5 Å². The minimum Gasteiger partial charge on any atom is -0.314 e. The summed E-state index contributed by atoms with van der Waals surface area (Å²) < 4.78 is 0. The highest BCUT2D eigenvalue weighted by atomic mass is 16.7. The fourth-order valence-corrected chi connectivity index (χ4v) is 4.82. The largest absolute Gasteiger partial charge is 0.314 e. The van der Waals surface area contributed by atoms with Crippen molar-refractivity contribution in [2.45, 2.75) is 24.0 Å². The van der Waals surface area contributed by atoms with E-state index in [4.69, 9.17) is 4.84 Å². The molecular formula is C17H17N3O4. The second kappa shape index (κ2) is 4.23. The molecule has 0 N–H and O–H groups in total. The molecule has 1 spiro atoms. The van der Waals surface area contributed by atoms with Gasteiger partial charge in [-0.15, -0.1) is 0 Å². The summed E-state index contributed by atoms with van der Waals surface area (Å²) in [4.78, 5) is 46.2. The summed E-state index contributed by atoms with van der Waals surface area (Å²) >= 11 is 0. The van der Waals surface area contributed by atoms with Crippen LogP contribution >= 0.6 is 0 Å². The fraction of sp³-hybridized carbons (Fsp3) is 0.471. The van der Waals surface area contributed by atoms with E-state index in [1.165, 1.54) is 7.05 Å². The van der Waals surface area contributed by atoms with Gasteiger partial charge in [-0.1, -0.05) is 18.2 Å².